The van der Waals surface area contributed by atoms with Crippen molar-refractivity contribution in [1.29, 1.82) is 0 Å². The Balaban J connectivity index is 1.53. The molecule has 0 atom stereocenters. The van der Waals surface area contributed by atoms with Gasteiger partial charge in [-0.2, -0.15) is 0 Å². The van der Waals surface area contributed by atoms with Crippen molar-refractivity contribution in [3.05, 3.63) is 46.3 Å². The number of rotatable bonds is 5. The highest BCUT2D eigenvalue weighted by molar-refractivity contribution is 7.18. The lowest BCUT2D eigenvalue weighted by atomic mass is 9.83. The number of aromatic nitrogens is 2. The highest BCUT2D eigenvalue weighted by Crippen LogP contribution is 2.43. The van der Waals surface area contributed by atoms with Crippen LogP contribution in [0.15, 0.2) is 28.8 Å². The third-order valence-electron chi connectivity index (χ3n) is 5.35. The largest absolute Gasteiger partial charge is 0.460 e. The molecule has 4 rings (SSSR count). The molecule has 1 aliphatic carbocycles. The molecule has 0 spiro atoms. The van der Waals surface area contributed by atoms with E-state index in [9.17, 15) is 4.79 Å². The maximum atomic E-state index is 13.0. The van der Waals surface area contributed by atoms with E-state index in [1.54, 1.807) is 11.3 Å². The lowest BCUT2D eigenvalue weighted by molar-refractivity contribution is -0.157. The van der Waals surface area contributed by atoms with Crippen LogP contribution in [0, 0.1) is 19.3 Å². The van der Waals surface area contributed by atoms with Gasteiger partial charge in [0.05, 0.1) is 31.9 Å². The van der Waals surface area contributed by atoms with E-state index in [2.05, 4.69) is 11.2 Å². The quantitative estimate of drug-likeness (QED) is 0.607. The van der Waals surface area contributed by atoms with Gasteiger partial charge in [-0.1, -0.05) is 30.1 Å². The summed E-state index contributed by atoms with van der Waals surface area (Å²) in [5, 5.41) is 4.94. The second-order valence-corrected chi connectivity index (χ2v) is 8.23. The molecule has 0 bridgehead atoms. The van der Waals surface area contributed by atoms with Crippen LogP contribution in [-0.2, 0) is 22.6 Å². The number of para-hydroxylation sites is 1. The standard InChI is InChI=1S/C20H22N2O3S/c1-13-15(14(2)25-22-13)12-24-19(23)20(9-5-6-10-20)11-18-21-16-7-3-4-8-17(16)26-18/h3-4,7-8H,5-6,9-12H2,1-2H3. The molecule has 6 heteroatoms. The number of fused-ring (bicyclic) bond motifs is 1. The third-order valence-corrected chi connectivity index (χ3v) is 6.39. The molecule has 26 heavy (non-hydrogen) atoms. The molecule has 5 nitrogen and oxygen atoms in total. The molecule has 0 N–H and O–H groups in total. The molecule has 1 saturated carbocycles. The topological polar surface area (TPSA) is 65.2 Å². The number of benzene rings is 1. The fourth-order valence-corrected chi connectivity index (χ4v) is 4.90. The number of thiazole rings is 1. The molecular formula is C20H22N2O3S. The van der Waals surface area contributed by atoms with E-state index in [1.807, 2.05) is 32.0 Å². The van der Waals surface area contributed by atoms with Gasteiger partial charge in [0.2, 0.25) is 0 Å². The number of nitrogens with zero attached hydrogens (tertiary/aromatic N) is 2. The van der Waals surface area contributed by atoms with Gasteiger partial charge in [0.1, 0.15) is 12.4 Å². The van der Waals surface area contributed by atoms with Gasteiger partial charge in [0.25, 0.3) is 0 Å². The molecule has 2 heterocycles. The fourth-order valence-electron chi connectivity index (χ4n) is 3.79. The van der Waals surface area contributed by atoms with Crippen molar-refractivity contribution in [1.82, 2.24) is 10.1 Å². The summed E-state index contributed by atoms with van der Waals surface area (Å²) in [7, 11) is 0. The summed E-state index contributed by atoms with van der Waals surface area (Å²) in [5.41, 5.74) is 2.20. The summed E-state index contributed by atoms with van der Waals surface area (Å²) in [6, 6.07) is 8.11. The van der Waals surface area contributed by atoms with Crippen LogP contribution >= 0.6 is 11.3 Å². The molecule has 1 aliphatic rings. The van der Waals surface area contributed by atoms with Crippen molar-refractivity contribution in [3.63, 3.8) is 0 Å². The number of carbonyl (C=O) groups is 1. The van der Waals surface area contributed by atoms with Crippen molar-refractivity contribution in [2.24, 2.45) is 5.41 Å². The van der Waals surface area contributed by atoms with E-state index >= 15 is 0 Å². The summed E-state index contributed by atoms with van der Waals surface area (Å²) < 4.78 is 12.0. The number of carbonyl (C=O) groups excluding carboxylic acids is 1. The summed E-state index contributed by atoms with van der Waals surface area (Å²) >= 11 is 1.68. The van der Waals surface area contributed by atoms with Crippen molar-refractivity contribution in [2.45, 2.75) is 52.6 Å². The van der Waals surface area contributed by atoms with E-state index < -0.39 is 5.41 Å². The number of ether oxygens (including phenoxy) is 1. The Labute approximate surface area is 156 Å². The van der Waals surface area contributed by atoms with Crippen molar-refractivity contribution in [2.75, 3.05) is 0 Å². The molecule has 2 aromatic heterocycles. The van der Waals surface area contributed by atoms with Crippen LogP contribution in [0.5, 0.6) is 0 Å². The van der Waals surface area contributed by atoms with E-state index in [0.717, 1.165) is 47.5 Å². The van der Waals surface area contributed by atoms with Gasteiger partial charge in [-0.25, -0.2) is 4.98 Å². The van der Waals surface area contributed by atoms with Crippen LogP contribution in [0.1, 0.15) is 47.7 Å². The molecule has 1 fully saturated rings. The van der Waals surface area contributed by atoms with E-state index in [-0.39, 0.29) is 12.6 Å². The second-order valence-electron chi connectivity index (χ2n) is 7.12. The highest BCUT2D eigenvalue weighted by atomic mass is 32.1. The summed E-state index contributed by atoms with van der Waals surface area (Å²) in [5.74, 6) is 0.594. The van der Waals surface area contributed by atoms with Crippen LogP contribution in [0.25, 0.3) is 10.2 Å². The van der Waals surface area contributed by atoms with Gasteiger partial charge in [0.15, 0.2) is 0 Å². The van der Waals surface area contributed by atoms with Crippen molar-refractivity contribution < 1.29 is 14.1 Å². The normalized spacial score (nSPS) is 16.2. The van der Waals surface area contributed by atoms with E-state index in [1.165, 1.54) is 4.70 Å². The first-order valence-corrected chi connectivity index (χ1v) is 9.82. The SMILES string of the molecule is Cc1noc(C)c1COC(=O)C1(Cc2nc3ccccc3s2)CCCC1. The number of esters is 1. The molecule has 3 aromatic rings. The number of hydrogen-bond donors (Lipinski definition) is 0. The van der Waals surface area contributed by atoms with Gasteiger partial charge < -0.3 is 9.26 Å². The highest BCUT2D eigenvalue weighted by Gasteiger charge is 2.43. The Morgan fingerprint density at radius 1 is 1.27 bits per heavy atom. The first kappa shape index (κ1) is 17.2. The summed E-state index contributed by atoms with van der Waals surface area (Å²) in [6.07, 6.45) is 4.51. The molecular weight excluding hydrogens is 348 g/mol. The first-order valence-electron chi connectivity index (χ1n) is 9.01. The minimum Gasteiger partial charge on any atom is -0.460 e. The Kier molecular flexibility index (Phi) is 4.53. The summed E-state index contributed by atoms with van der Waals surface area (Å²) in [6.45, 7) is 3.93. The van der Waals surface area contributed by atoms with E-state index in [0.29, 0.717) is 12.2 Å². The molecule has 0 unspecified atom stereocenters. The molecule has 0 amide bonds. The van der Waals surface area contributed by atoms with E-state index in [4.69, 9.17) is 14.2 Å². The lowest BCUT2D eigenvalue weighted by Crippen LogP contribution is -2.32. The molecule has 136 valence electrons. The number of hydrogen-bond acceptors (Lipinski definition) is 6. The zero-order valence-corrected chi connectivity index (χ0v) is 15.9. The molecule has 0 aliphatic heterocycles. The predicted octanol–water partition coefficient (Wildman–Crippen LogP) is 4.75. The minimum atomic E-state index is -0.452. The van der Waals surface area contributed by atoms with Gasteiger partial charge in [-0.15, -0.1) is 11.3 Å². The van der Waals surface area contributed by atoms with Gasteiger partial charge >= 0.3 is 5.97 Å². The van der Waals surface area contributed by atoms with Crippen LogP contribution in [0.2, 0.25) is 0 Å². The van der Waals surface area contributed by atoms with Crippen LogP contribution < -0.4 is 0 Å². The summed E-state index contributed by atoms with van der Waals surface area (Å²) in [4.78, 5) is 17.7. The smallest absolute Gasteiger partial charge is 0.312 e. The Bertz CT molecular complexity index is 885. The van der Waals surface area contributed by atoms with Crippen molar-refractivity contribution >= 4 is 27.5 Å². The number of aryl methyl sites for hydroxylation is 2. The van der Waals surface area contributed by atoms with Crippen LogP contribution in [0.4, 0.5) is 0 Å². The van der Waals surface area contributed by atoms with Crippen LogP contribution in [0.3, 0.4) is 0 Å². The lowest BCUT2D eigenvalue weighted by Gasteiger charge is -2.25. The first-order chi connectivity index (χ1) is 12.6. The zero-order valence-electron chi connectivity index (χ0n) is 15.1. The third kappa shape index (κ3) is 3.14. The van der Waals surface area contributed by atoms with Gasteiger partial charge in [-0.3, -0.25) is 4.79 Å². The molecule has 0 saturated heterocycles. The van der Waals surface area contributed by atoms with Crippen molar-refractivity contribution in [3.8, 4) is 0 Å². The fraction of sp³-hybridized carbons (Fsp3) is 0.450. The Morgan fingerprint density at radius 3 is 2.73 bits per heavy atom. The predicted molar refractivity (Wildman–Crippen MR) is 100.0 cm³/mol. The van der Waals surface area contributed by atoms with Gasteiger partial charge in [-0.05, 0) is 38.8 Å². The Hall–Kier alpha value is -2.21. The maximum absolute atomic E-state index is 13.0. The molecule has 0 radical (unpaired) electrons. The Morgan fingerprint density at radius 2 is 2.04 bits per heavy atom. The second kappa shape index (κ2) is 6.83. The maximum Gasteiger partial charge on any atom is 0.312 e. The minimum absolute atomic E-state index is 0.116. The monoisotopic (exact) mass is 370 g/mol. The van der Waals surface area contributed by atoms with Crippen LogP contribution in [-0.4, -0.2) is 16.1 Å². The zero-order chi connectivity index (χ0) is 18.1. The van der Waals surface area contributed by atoms with Gasteiger partial charge in [0, 0.05) is 6.42 Å². The average molecular weight is 370 g/mol. The molecule has 1 aromatic carbocycles. The average Bonchev–Trinajstić information content (AvgIpc) is 3.33.